The van der Waals surface area contributed by atoms with Crippen LogP contribution in [-0.2, 0) is 0 Å². The Morgan fingerprint density at radius 2 is 1.90 bits per heavy atom. The molecule has 0 aliphatic rings. The Morgan fingerprint density at radius 1 is 1.19 bits per heavy atom. The molecule has 2 atom stereocenters. The van der Waals surface area contributed by atoms with E-state index in [1.54, 1.807) is 6.26 Å². The van der Waals surface area contributed by atoms with Crippen LogP contribution in [0.15, 0.2) is 41.0 Å². The summed E-state index contributed by atoms with van der Waals surface area (Å²) >= 11 is 0. The molecule has 0 saturated heterocycles. The minimum Gasteiger partial charge on any atom is -0.490 e. The number of hydrogen-bond acceptors (Lipinski definition) is 4. The maximum atomic E-state index is 10.0. The topological polar surface area (TPSA) is 54.6 Å². The highest BCUT2D eigenvalue weighted by Gasteiger charge is 2.12. The smallest absolute Gasteiger partial charge is 0.125 e. The summed E-state index contributed by atoms with van der Waals surface area (Å²) < 4.78 is 11.1. The van der Waals surface area contributed by atoms with Crippen LogP contribution in [0.2, 0.25) is 0 Å². The van der Waals surface area contributed by atoms with Crippen molar-refractivity contribution < 1.29 is 14.3 Å². The van der Waals surface area contributed by atoms with Crippen LogP contribution >= 0.6 is 0 Å². The Morgan fingerprint density at radius 3 is 2.52 bits per heavy atom. The number of benzene rings is 1. The highest BCUT2D eigenvalue weighted by atomic mass is 16.5. The molecule has 2 rings (SSSR count). The van der Waals surface area contributed by atoms with E-state index in [2.05, 4.69) is 5.32 Å². The second-order valence-corrected chi connectivity index (χ2v) is 5.33. The Balaban J connectivity index is 1.78. The molecule has 0 radical (unpaired) electrons. The maximum Gasteiger partial charge on any atom is 0.125 e. The number of aliphatic hydroxyl groups is 1. The van der Waals surface area contributed by atoms with Crippen molar-refractivity contribution >= 4 is 0 Å². The summed E-state index contributed by atoms with van der Waals surface area (Å²) in [5, 5.41) is 13.2. The third-order valence-electron chi connectivity index (χ3n) is 3.46. The van der Waals surface area contributed by atoms with Crippen molar-refractivity contribution in [3.63, 3.8) is 0 Å². The molecule has 1 aromatic heterocycles. The third-order valence-corrected chi connectivity index (χ3v) is 3.46. The maximum absolute atomic E-state index is 10.0. The lowest BCUT2D eigenvalue weighted by Crippen LogP contribution is -2.33. The van der Waals surface area contributed by atoms with Crippen molar-refractivity contribution in [1.82, 2.24) is 5.32 Å². The van der Waals surface area contributed by atoms with Crippen molar-refractivity contribution in [2.24, 2.45) is 0 Å². The molecule has 1 aromatic carbocycles. The summed E-state index contributed by atoms with van der Waals surface area (Å²) in [6.07, 6.45) is 1.08. The zero-order valence-corrected chi connectivity index (χ0v) is 12.8. The van der Waals surface area contributed by atoms with Crippen LogP contribution in [0.3, 0.4) is 0 Å². The van der Waals surface area contributed by atoms with Crippen LogP contribution in [0.4, 0.5) is 0 Å². The number of rotatable bonds is 7. The molecule has 1 unspecified atom stereocenters. The normalized spacial score (nSPS) is 13.9. The first-order chi connectivity index (χ1) is 10.1. The minimum absolute atomic E-state index is 0.0647. The number of nitrogens with one attached hydrogen (secondary N) is 1. The Labute approximate surface area is 125 Å². The average molecular weight is 289 g/mol. The van der Waals surface area contributed by atoms with Gasteiger partial charge in [-0.15, -0.1) is 0 Å². The summed E-state index contributed by atoms with van der Waals surface area (Å²) in [6.45, 7) is 6.73. The van der Waals surface area contributed by atoms with Crippen molar-refractivity contribution in [1.29, 1.82) is 0 Å². The van der Waals surface area contributed by atoms with Crippen LogP contribution in [0.5, 0.6) is 5.75 Å². The highest BCUT2D eigenvalue weighted by Crippen LogP contribution is 2.22. The second-order valence-electron chi connectivity index (χ2n) is 5.33. The van der Waals surface area contributed by atoms with Crippen molar-refractivity contribution in [2.45, 2.75) is 32.9 Å². The molecular weight excluding hydrogens is 266 g/mol. The predicted octanol–water partition coefficient (Wildman–Crippen LogP) is 2.99. The van der Waals surface area contributed by atoms with Gasteiger partial charge in [-0.05, 0) is 44.0 Å². The van der Waals surface area contributed by atoms with Crippen LogP contribution in [0.25, 0.3) is 0 Å². The van der Waals surface area contributed by atoms with E-state index in [9.17, 15) is 5.11 Å². The molecule has 0 bridgehead atoms. The van der Waals surface area contributed by atoms with Crippen molar-refractivity contribution in [3.8, 4) is 5.75 Å². The fourth-order valence-corrected chi connectivity index (χ4v) is 2.22. The molecule has 2 aromatic rings. The van der Waals surface area contributed by atoms with Gasteiger partial charge in [0.05, 0.1) is 12.3 Å². The predicted molar refractivity (Wildman–Crippen MR) is 82.5 cm³/mol. The van der Waals surface area contributed by atoms with Gasteiger partial charge in [0.25, 0.3) is 0 Å². The highest BCUT2D eigenvalue weighted by molar-refractivity contribution is 5.39. The Kier molecular flexibility index (Phi) is 5.42. The first-order valence-corrected chi connectivity index (χ1v) is 7.21. The van der Waals surface area contributed by atoms with Crippen LogP contribution in [0, 0.1) is 13.8 Å². The van der Waals surface area contributed by atoms with Crippen LogP contribution in [-0.4, -0.2) is 24.4 Å². The fraction of sp³-hybridized carbons (Fsp3) is 0.412. The standard InChI is InChI=1S/C17H23NO3/c1-12-6-4-7-13(2)17(12)21-11-15(19)10-18-14(3)16-8-5-9-20-16/h4-9,14-15,18-19H,10-11H2,1-3H3/t14-,15?/m1/s1. The van der Waals surface area contributed by atoms with Gasteiger partial charge in [0.1, 0.15) is 24.2 Å². The molecule has 1 heterocycles. The second kappa shape index (κ2) is 7.29. The van der Waals surface area contributed by atoms with Crippen molar-refractivity contribution in [2.75, 3.05) is 13.2 Å². The number of ether oxygens (including phenoxy) is 1. The number of hydrogen-bond donors (Lipinski definition) is 2. The van der Waals surface area contributed by atoms with E-state index in [0.29, 0.717) is 6.54 Å². The van der Waals surface area contributed by atoms with Crippen molar-refractivity contribution in [3.05, 3.63) is 53.5 Å². The van der Waals surface area contributed by atoms with E-state index in [-0.39, 0.29) is 12.6 Å². The molecule has 0 saturated carbocycles. The minimum atomic E-state index is -0.568. The first kappa shape index (κ1) is 15.6. The van der Waals surface area contributed by atoms with Gasteiger partial charge in [0, 0.05) is 6.54 Å². The first-order valence-electron chi connectivity index (χ1n) is 7.21. The summed E-state index contributed by atoms with van der Waals surface area (Å²) in [5.74, 6) is 1.72. The molecule has 4 nitrogen and oxygen atoms in total. The van der Waals surface area contributed by atoms with Gasteiger partial charge in [0.2, 0.25) is 0 Å². The van der Waals surface area contributed by atoms with Gasteiger partial charge in [-0.3, -0.25) is 0 Å². The quantitative estimate of drug-likeness (QED) is 0.823. The molecule has 0 fully saturated rings. The van der Waals surface area contributed by atoms with E-state index in [1.165, 1.54) is 0 Å². The van der Waals surface area contributed by atoms with Gasteiger partial charge in [-0.1, -0.05) is 18.2 Å². The Bertz CT molecular complexity index is 531. The molecule has 0 amide bonds. The van der Waals surface area contributed by atoms with E-state index in [1.807, 2.05) is 51.1 Å². The van der Waals surface area contributed by atoms with Gasteiger partial charge in [0.15, 0.2) is 0 Å². The number of aryl methyl sites for hydroxylation is 2. The summed E-state index contributed by atoms with van der Waals surface area (Å²) in [4.78, 5) is 0. The van der Waals surface area contributed by atoms with E-state index < -0.39 is 6.10 Å². The number of para-hydroxylation sites is 1. The lowest BCUT2D eigenvalue weighted by molar-refractivity contribution is 0.102. The summed E-state index contributed by atoms with van der Waals surface area (Å²) in [5.41, 5.74) is 2.17. The third kappa shape index (κ3) is 4.34. The number of furan rings is 1. The van der Waals surface area contributed by atoms with E-state index in [4.69, 9.17) is 9.15 Å². The molecule has 0 aliphatic heterocycles. The average Bonchev–Trinajstić information content (AvgIpc) is 2.98. The molecule has 21 heavy (non-hydrogen) atoms. The lowest BCUT2D eigenvalue weighted by Gasteiger charge is -2.18. The van der Waals surface area contributed by atoms with Gasteiger partial charge >= 0.3 is 0 Å². The molecular formula is C17H23NO3. The van der Waals surface area contributed by atoms with Gasteiger partial charge in [-0.25, -0.2) is 0 Å². The Hall–Kier alpha value is -1.78. The summed E-state index contributed by atoms with van der Waals surface area (Å²) in [6, 6.07) is 9.85. The largest absolute Gasteiger partial charge is 0.490 e. The van der Waals surface area contributed by atoms with Crippen LogP contribution in [0.1, 0.15) is 29.9 Å². The summed E-state index contributed by atoms with van der Waals surface area (Å²) in [7, 11) is 0. The zero-order valence-electron chi connectivity index (χ0n) is 12.8. The molecule has 4 heteroatoms. The molecule has 114 valence electrons. The zero-order chi connectivity index (χ0) is 15.2. The fourth-order valence-electron chi connectivity index (χ4n) is 2.22. The monoisotopic (exact) mass is 289 g/mol. The van der Waals surface area contributed by atoms with Crippen LogP contribution < -0.4 is 10.1 Å². The van der Waals surface area contributed by atoms with E-state index in [0.717, 1.165) is 22.6 Å². The van der Waals surface area contributed by atoms with Gasteiger partial charge < -0.3 is 19.6 Å². The van der Waals surface area contributed by atoms with Gasteiger partial charge in [-0.2, -0.15) is 0 Å². The molecule has 2 N–H and O–H groups in total. The van der Waals surface area contributed by atoms with E-state index >= 15 is 0 Å². The SMILES string of the molecule is Cc1cccc(C)c1OCC(O)CN[C@H](C)c1ccco1. The molecule has 0 aliphatic carbocycles. The molecule has 0 spiro atoms. The number of aliphatic hydroxyl groups excluding tert-OH is 1. The lowest BCUT2D eigenvalue weighted by atomic mass is 10.1.